The topological polar surface area (TPSA) is 63.0 Å². The molecule has 1 heterocycles. The number of allylic oxidation sites excluding steroid dienone is 1. The van der Waals surface area contributed by atoms with Crippen molar-refractivity contribution in [3.05, 3.63) is 46.8 Å². The van der Waals surface area contributed by atoms with Gasteiger partial charge in [-0.05, 0) is 92.4 Å². The lowest BCUT2D eigenvalue weighted by Crippen LogP contribution is -2.37. The van der Waals surface area contributed by atoms with Gasteiger partial charge in [0.1, 0.15) is 11.7 Å². The number of hydrogen-bond donors (Lipinski definition) is 3. The van der Waals surface area contributed by atoms with Gasteiger partial charge < -0.3 is 15.6 Å². The van der Waals surface area contributed by atoms with E-state index >= 15 is 0 Å². The molecule has 1 aliphatic carbocycles. The maximum atomic E-state index is 13.4. The molecule has 0 aromatic heterocycles. The summed E-state index contributed by atoms with van der Waals surface area (Å²) in [5.41, 5.74) is 1.29. The van der Waals surface area contributed by atoms with Crippen LogP contribution in [0, 0.1) is 33.4 Å². The molecule has 2 fully saturated rings. The Labute approximate surface area is 184 Å². The Morgan fingerprint density at radius 2 is 1.97 bits per heavy atom. The number of nitrogens with zero attached hydrogens (tertiary/aromatic N) is 1. The van der Waals surface area contributed by atoms with Gasteiger partial charge in [0, 0.05) is 12.1 Å². The molecule has 164 valence electrons. The first-order valence-electron chi connectivity index (χ1n) is 10.8. The number of nitrogens with one attached hydrogen (secondary N) is 3. The Morgan fingerprint density at radius 1 is 1.27 bits per heavy atom. The molecule has 3 N–H and O–H groups in total. The number of amidine groups is 1. The number of benzene rings is 1. The minimum absolute atomic E-state index is 0.0940. The summed E-state index contributed by atoms with van der Waals surface area (Å²) in [6.07, 6.45) is 8.05. The summed E-state index contributed by atoms with van der Waals surface area (Å²) in [7, 11) is 0. The summed E-state index contributed by atoms with van der Waals surface area (Å²) in [5.74, 6) is 0.481. The summed E-state index contributed by atoms with van der Waals surface area (Å²) in [5, 5.41) is 19.7. The molecule has 2 aliphatic rings. The molecule has 1 atom stereocenters. The molecule has 1 aromatic rings. The van der Waals surface area contributed by atoms with Crippen LogP contribution >= 0.6 is 11.6 Å². The molecule has 30 heavy (non-hydrogen) atoms. The highest BCUT2D eigenvalue weighted by Crippen LogP contribution is 2.59. The van der Waals surface area contributed by atoms with Crippen LogP contribution in [0.4, 0.5) is 4.39 Å². The molecule has 1 aliphatic heterocycles. The van der Waals surface area contributed by atoms with Crippen molar-refractivity contribution in [3.8, 4) is 0 Å². The Morgan fingerprint density at radius 3 is 2.63 bits per heavy atom. The van der Waals surface area contributed by atoms with E-state index in [0.29, 0.717) is 27.3 Å². The van der Waals surface area contributed by atoms with Gasteiger partial charge in [0.15, 0.2) is 0 Å². The van der Waals surface area contributed by atoms with Crippen LogP contribution < -0.4 is 5.32 Å². The van der Waals surface area contributed by atoms with Gasteiger partial charge in [-0.25, -0.2) is 4.39 Å². The van der Waals surface area contributed by atoms with Gasteiger partial charge >= 0.3 is 0 Å². The number of rotatable bonds is 7. The second kappa shape index (κ2) is 9.19. The summed E-state index contributed by atoms with van der Waals surface area (Å²) in [6.45, 7) is 11.3. The van der Waals surface area contributed by atoms with E-state index in [9.17, 15) is 4.39 Å². The van der Waals surface area contributed by atoms with Crippen LogP contribution in [-0.4, -0.2) is 42.6 Å². The van der Waals surface area contributed by atoms with Crippen LogP contribution in [0.1, 0.15) is 52.0 Å². The van der Waals surface area contributed by atoms with Crippen LogP contribution in [0.3, 0.4) is 0 Å². The van der Waals surface area contributed by atoms with Gasteiger partial charge in [-0.1, -0.05) is 32.4 Å². The molecule has 4 nitrogen and oxygen atoms in total. The summed E-state index contributed by atoms with van der Waals surface area (Å²) in [6, 6.07) is 3.96. The average molecular weight is 433 g/mol. The normalized spacial score (nSPS) is 21.2. The zero-order chi connectivity index (χ0) is 21.9. The minimum atomic E-state index is -0.427. The first-order valence-corrected chi connectivity index (χ1v) is 11.2. The molecule has 3 rings (SSSR count). The molecule has 0 amide bonds. The molecular formula is C24H34ClFN4. The number of piperidine rings is 1. The van der Waals surface area contributed by atoms with Crippen LogP contribution in [0.15, 0.2) is 30.4 Å². The van der Waals surface area contributed by atoms with Gasteiger partial charge in [0.05, 0.1) is 10.7 Å². The second-order valence-electron chi connectivity index (χ2n) is 10.1. The van der Waals surface area contributed by atoms with Crippen molar-refractivity contribution in [2.24, 2.45) is 16.7 Å². The van der Waals surface area contributed by atoms with Crippen molar-refractivity contribution < 1.29 is 4.39 Å². The lowest BCUT2D eigenvalue weighted by molar-refractivity contribution is 0.146. The molecule has 1 saturated carbocycles. The van der Waals surface area contributed by atoms with Gasteiger partial charge in [-0.3, -0.25) is 5.41 Å². The van der Waals surface area contributed by atoms with Crippen LogP contribution in [-0.2, 0) is 0 Å². The smallest absolute Gasteiger partial charge is 0.123 e. The molecule has 6 heteroatoms. The number of hydrogen-bond acceptors (Lipinski definition) is 3. The first-order chi connectivity index (χ1) is 14.1. The molecule has 1 unspecified atom stereocenters. The summed E-state index contributed by atoms with van der Waals surface area (Å²) in [4.78, 5) is 2.60. The Hall–Kier alpha value is -1.72. The van der Waals surface area contributed by atoms with E-state index < -0.39 is 5.82 Å². The summed E-state index contributed by atoms with van der Waals surface area (Å²) < 4.78 is 13.4. The highest BCUT2D eigenvalue weighted by Gasteiger charge is 2.54. The quantitative estimate of drug-likeness (QED) is 0.393. The second-order valence-corrected chi connectivity index (χ2v) is 10.5. The fraction of sp³-hybridized carbons (Fsp3) is 0.583. The maximum Gasteiger partial charge on any atom is 0.123 e. The van der Waals surface area contributed by atoms with Gasteiger partial charge in [0.25, 0.3) is 0 Å². The van der Waals surface area contributed by atoms with Crippen LogP contribution in [0.5, 0.6) is 0 Å². The van der Waals surface area contributed by atoms with Gasteiger partial charge in [0.2, 0.25) is 0 Å². The minimum Gasteiger partial charge on any atom is -0.370 e. The monoisotopic (exact) mass is 432 g/mol. The van der Waals surface area contributed by atoms with Crippen molar-refractivity contribution in [2.75, 3.05) is 26.2 Å². The van der Waals surface area contributed by atoms with E-state index in [0.717, 1.165) is 6.54 Å². The van der Waals surface area contributed by atoms with E-state index in [4.69, 9.17) is 22.4 Å². The third kappa shape index (κ3) is 6.14. The fourth-order valence-electron chi connectivity index (χ4n) is 4.30. The molecule has 1 saturated heterocycles. The van der Waals surface area contributed by atoms with Crippen LogP contribution in [0.2, 0.25) is 5.02 Å². The van der Waals surface area contributed by atoms with Gasteiger partial charge in [-0.15, -0.1) is 0 Å². The molecule has 1 spiro atoms. The zero-order valence-corrected chi connectivity index (χ0v) is 19.1. The predicted octanol–water partition coefficient (Wildman–Crippen LogP) is 5.51. The number of halogens is 2. The van der Waals surface area contributed by atoms with Crippen molar-refractivity contribution in [1.82, 2.24) is 10.2 Å². The standard InChI is InChI=1S/C24H34ClFN4/c1-23(2,3)8-11-30-12-9-24(10-13-30)15-17(24)16-29-22(28)7-6-21(27)19-14-18(26)4-5-20(19)25/h4-7,14,17,27H,8-13,15-16H2,1-3H3,(H2,28,29)/b7-6-,27-21?. The maximum absolute atomic E-state index is 13.4. The Bertz CT molecular complexity index is 819. The van der Waals surface area contributed by atoms with Crippen molar-refractivity contribution in [1.29, 1.82) is 10.8 Å². The Kier molecular flexibility index (Phi) is 7.03. The molecule has 0 bridgehead atoms. The Balaban J connectivity index is 1.40. The van der Waals surface area contributed by atoms with E-state index in [1.165, 1.54) is 69.6 Å². The lowest BCUT2D eigenvalue weighted by Gasteiger charge is -2.34. The van der Waals surface area contributed by atoms with E-state index in [2.05, 4.69) is 31.0 Å². The first kappa shape index (κ1) is 23.0. The van der Waals surface area contributed by atoms with Crippen molar-refractivity contribution in [2.45, 2.75) is 46.5 Å². The van der Waals surface area contributed by atoms with Crippen molar-refractivity contribution in [3.63, 3.8) is 0 Å². The summed E-state index contributed by atoms with van der Waals surface area (Å²) >= 11 is 6.04. The highest BCUT2D eigenvalue weighted by molar-refractivity contribution is 6.34. The predicted molar refractivity (Wildman–Crippen MR) is 123 cm³/mol. The third-order valence-electron chi connectivity index (χ3n) is 6.56. The van der Waals surface area contributed by atoms with E-state index in [-0.39, 0.29) is 11.5 Å². The highest BCUT2D eigenvalue weighted by atomic mass is 35.5. The largest absolute Gasteiger partial charge is 0.370 e. The fourth-order valence-corrected chi connectivity index (χ4v) is 4.52. The molecule has 1 aromatic carbocycles. The van der Waals surface area contributed by atoms with E-state index in [1.807, 2.05) is 0 Å². The van der Waals surface area contributed by atoms with Crippen molar-refractivity contribution >= 4 is 23.1 Å². The van der Waals surface area contributed by atoms with Gasteiger partial charge in [-0.2, -0.15) is 0 Å². The average Bonchev–Trinajstić information content (AvgIpc) is 3.37. The molecular weight excluding hydrogens is 399 g/mol. The zero-order valence-electron chi connectivity index (χ0n) is 18.3. The molecule has 0 radical (unpaired) electrons. The van der Waals surface area contributed by atoms with E-state index in [1.54, 1.807) is 6.08 Å². The SMILES string of the molecule is CC(C)(C)CCN1CCC2(CC1)CC2CNC(=N)/C=C\C(=N)c1cc(F)ccc1Cl. The number of likely N-dealkylation sites (tertiary alicyclic amines) is 1. The lowest BCUT2D eigenvalue weighted by atomic mass is 9.88. The third-order valence-corrected chi connectivity index (χ3v) is 6.89. The van der Waals surface area contributed by atoms with Crippen LogP contribution in [0.25, 0.3) is 0 Å².